The summed E-state index contributed by atoms with van der Waals surface area (Å²) in [5.74, 6) is -2.45. The number of rotatable bonds is 5. The van der Waals surface area contributed by atoms with E-state index in [-0.39, 0.29) is 41.1 Å². The van der Waals surface area contributed by atoms with Gasteiger partial charge >= 0.3 is 11.8 Å². The van der Waals surface area contributed by atoms with Crippen LogP contribution in [0.1, 0.15) is 39.6 Å². The zero-order valence-electron chi connectivity index (χ0n) is 21.2. The fourth-order valence-corrected chi connectivity index (χ4v) is 5.72. The largest absolute Gasteiger partial charge is 0.349 e. The highest BCUT2D eigenvalue weighted by Crippen LogP contribution is 2.28. The standard InChI is InChI=1S/C23H29ClN8O4S.ClH/c1-31(2)23(36)12-4-5-13(27-19(33)20(34)30-18-10-25-17(24)9-26-18)15(8-12)28-21(35)22-29-14-6-7-32(3)11-16(14)37-22;/h9-10,12-13,15H,4-8,11H2,1-3H3,(H,27,33)(H,28,35)(H,26,30,34);1H/t12-,13-,15+;/m0./s1. The molecule has 0 radical (unpaired) electrons. The molecular formula is C23H30Cl2N8O4S. The van der Waals surface area contributed by atoms with Crippen LogP contribution in [0.4, 0.5) is 5.82 Å². The molecule has 4 rings (SSSR count). The normalized spacial score (nSPS) is 20.9. The molecule has 0 bridgehead atoms. The number of hydrogen-bond acceptors (Lipinski definition) is 9. The molecule has 1 saturated carbocycles. The van der Waals surface area contributed by atoms with Crippen molar-refractivity contribution in [3.05, 3.63) is 33.1 Å². The molecule has 1 fully saturated rings. The summed E-state index contributed by atoms with van der Waals surface area (Å²) in [7, 11) is 5.39. The number of carbonyl (C=O) groups is 4. The number of hydrogen-bond donors (Lipinski definition) is 3. The van der Waals surface area contributed by atoms with Gasteiger partial charge in [-0.2, -0.15) is 0 Å². The van der Waals surface area contributed by atoms with Crippen LogP contribution >= 0.6 is 35.3 Å². The number of anilines is 1. The average molecular weight is 586 g/mol. The lowest BCUT2D eigenvalue weighted by molar-refractivity contribution is -0.137. The first kappa shape index (κ1) is 29.7. The zero-order valence-corrected chi connectivity index (χ0v) is 23.6. The first-order valence-corrected chi connectivity index (χ1v) is 13.1. The number of likely N-dealkylation sites (N-methyl/N-ethyl adjacent to an activating group) is 1. The SMILES string of the molecule is CN1CCc2nc(C(=O)N[C@@H]3C[C@@H](C(=O)N(C)C)CC[C@@H]3NC(=O)C(=O)Nc3cnc(Cl)cn3)sc2C1.Cl. The molecular weight excluding hydrogens is 555 g/mol. The predicted octanol–water partition coefficient (Wildman–Crippen LogP) is 1.11. The number of aromatic nitrogens is 3. The maximum absolute atomic E-state index is 13.2. The Morgan fingerprint density at radius 2 is 1.84 bits per heavy atom. The van der Waals surface area contributed by atoms with E-state index in [0.29, 0.717) is 24.3 Å². The fraction of sp³-hybridized carbons (Fsp3) is 0.522. The molecule has 15 heteroatoms. The smallest absolute Gasteiger partial charge is 0.314 e. The van der Waals surface area contributed by atoms with Gasteiger partial charge in [-0.25, -0.2) is 15.0 Å². The molecule has 2 aromatic rings. The summed E-state index contributed by atoms with van der Waals surface area (Å²) in [6.07, 6.45) is 4.51. The van der Waals surface area contributed by atoms with E-state index in [9.17, 15) is 19.2 Å². The quantitative estimate of drug-likeness (QED) is 0.442. The Morgan fingerprint density at radius 3 is 2.53 bits per heavy atom. The molecule has 0 aromatic carbocycles. The van der Waals surface area contributed by atoms with Gasteiger partial charge in [0, 0.05) is 50.4 Å². The summed E-state index contributed by atoms with van der Waals surface area (Å²) < 4.78 is 0. The second kappa shape index (κ2) is 12.8. The van der Waals surface area contributed by atoms with Crippen LogP contribution in [0.2, 0.25) is 5.15 Å². The average Bonchev–Trinajstić information content (AvgIpc) is 3.29. The number of carbonyl (C=O) groups excluding carboxylic acids is 4. The molecule has 38 heavy (non-hydrogen) atoms. The molecule has 0 saturated heterocycles. The first-order chi connectivity index (χ1) is 17.6. The second-order valence-electron chi connectivity index (χ2n) is 9.46. The summed E-state index contributed by atoms with van der Waals surface area (Å²) >= 11 is 7.05. The third kappa shape index (κ3) is 7.16. The van der Waals surface area contributed by atoms with Crippen LogP contribution in [0, 0.1) is 5.92 Å². The van der Waals surface area contributed by atoms with E-state index in [1.807, 2.05) is 7.05 Å². The topological polar surface area (TPSA) is 150 Å². The van der Waals surface area contributed by atoms with Crippen molar-refractivity contribution in [2.45, 2.75) is 44.3 Å². The molecule has 0 unspecified atom stereocenters. The van der Waals surface area contributed by atoms with E-state index in [1.165, 1.54) is 28.6 Å². The molecule has 206 valence electrons. The van der Waals surface area contributed by atoms with Gasteiger partial charge in [0.05, 0.1) is 24.1 Å². The van der Waals surface area contributed by atoms with E-state index in [4.69, 9.17) is 11.6 Å². The van der Waals surface area contributed by atoms with Crippen LogP contribution in [-0.4, -0.2) is 88.2 Å². The molecule has 1 aliphatic heterocycles. The molecule has 3 N–H and O–H groups in total. The maximum atomic E-state index is 13.2. The molecule has 2 aromatic heterocycles. The number of halogens is 2. The van der Waals surface area contributed by atoms with Gasteiger partial charge in [-0.15, -0.1) is 23.7 Å². The van der Waals surface area contributed by atoms with Crippen LogP contribution < -0.4 is 16.0 Å². The summed E-state index contributed by atoms with van der Waals surface area (Å²) in [5, 5.41) is 8.56. The second-order valence-corrected chi connectivity index (χ2v) is 10.9. The maximum Gasteiger partial charge on any atom is 0.314 e. The summed E-state index contributed by atoms with van der Waals surface area (Å²) in [5.41, 5.74) is 0.935. The monoisotopic (exact) mass is 584 g/mol. The number of nitrogens with zero attached hydrogens (tertiary/aromatic N) is 5. The molecule has 2 aliphatic rings. The van der Waals surface area contributed by atoms with Gasteiger partial charge in [-0.3, -0.25) is 19.2 Å². The Bertz CT molecular complexity index is 1190. The molecule has 0 spiro atoms. The van der Waals surface area contributed by atoms with Crippen LogP contribution in [0.25, 0.3) is 0 Å². The third-order valence-corrected chi connectivity index (χ3v) is 7.73. The van der Waals surface area contributed by atoms with Crippen molar-refractivity contribution < 1.29 is 19.2 Å². The van der Waals surface area contributed by atoms with E-state index in [0.717, 1.165) is 30.1 Å². The Balaban J connectivity index is 0.00000400. The predicted molar refractivity (Wildman–Crippen MR) is 144 cm³/mol. The Kier molecular flexibility index (Phi) is 9.99. The lowest BCUT2D eigenvalue weighted by Crippen LogP contribution is -2.57. The van der Waals surface area contributed by atoms with Crippen molar-refractivity contribution in [1.29, 1.82) is 0 Å². The molecule has 12 nitrogen and oxygen atoms in total. The summed E-state index contributed by atoms with van der Waals surface area (Å²) in [6.45, 7) is 1.63. The van der Waals surface area contributed by atoms with Crippen LogP contribution in [0.15, 0.2) is 12.4 Å². The van der Waals surface area contributed by atoms with Crippen molar-refractivity contribution >= 4 is 64.8 Å². The van der Waals surface area contributed by atoms with Crippen molar-refractivity contribution in [2.24, 2.45) is 5.92 Å². The summed E-state index contributed by atoms with van der Waals surface area (Å²) in [4.78, 5) is 67.9. The molecule has 4 amide bonds. The van der Waals surface area contributed by atoms with Gasteiger partial charge in [0.2, 0.25) is 5.91 Å². The number of fused-ring (bicyclic) bond motifs is 1. The highest BCUT2D eigenvalue weighted by Gasteiger charge is 2.37. The Hall–Kier alpha value is -2.87. The first-order valence-electron chi connectivity index (χ1n) is 11.9. The minimum absolute atomic E-state index is 0. The molecule has 3 atom stereocenters. The minimum Gasteiger partial charge on any atom is -0.349 e. The molecule has 1 aliphatic carbocycles. The van der Waals surface area contributed by atoms with Crippen molar-refractivity contribution in [3.63, 3.8) is 0 Å². The lowest BCUT2D eigenvalue weighted by atomic mass is 9.81. The highest BCUT2D eigenvalue weighted by atomic mass is 35.5. The van der Waals surface area contributed by atoms with E-state index in [2.05, 4.69) is 35.8 Å². The Labute approximate surface area is 235 Å². The highest BCUT2D eigenvalue weighted by molar-refractivity contribution is 7.13. The summed E-state index contributed by atoms with van der Waals surface area (Å²) in [6, 6.07) is -1.11. The Morgan fingerprint density at radius 1 is 1.08 bits per heavy atom. The van der Waals surface area contributed by atoms with E-state index < -0.39 is 23.9 Å². The van der Waals surface area contributed by atoms with E-state index >= 15 is 0 Å². The lowest BCUT2D eigenvalue weighted by Gasteiger charge is -2.37. The van der Waals surface area contributed by atoms with Gasteiger partial charge in [0.1, 0.15) is 5.15 Å². The minimum atomic E-state index is -0.926. The van der Waals surface area contributed by atoms with Gasteiger partial charge < -0.3 is 25.8 Å². The zero-order chi connectivity index (χ0) is 26.7. The van der Waals surface area contributed by atoms with Crippen molar-refractivity contribution in [1.82, 2.24) is 35.4 Å². The van der Waals surface area contributed by atoms with Gasteiger partial charge in [0.15, 0.2) is 10.8 Å². The number of thiazole rings is 1. The number of amides is 4. The van der Waals surface area contributed by atoms with Gasteiger partial charge in [0.25, 0.3) is 5.91 Å². The van der Waals surface area contributed by atoms with Crippen molar-refractivity contribution in [2.75, 3.05) is 33.0 Å². The van der Waals surface area contributed by atoms with Crippen molar-refractivity contribution in [3.8, 4) is 0 Å². The third-order valence-electron chi connectivity index (χ3n) is 6.46. The van der Waals surface area contributed by atoms with Crippen LogP contribution in [0.5, 0.6) is 0 Å². The number of nitrogens with one attached hydrogen (secondary N) is 3. The van der Waals surface area contributed by atoms with Gasteiger partial charge in [-0.05, 0) is 26.3 Å². The van der Waals surface area contributed by atoms with E-state index in [1.54, 1.807) is 14.1 Å². The van der Waals surface area contributed by atoms with Crippen LogP contribution in [-0.2, 0) is 27.3 Å². The molecule has 3 heterocycles. The fourth-order valence-electron chi connectivity index (χ4n) is 4.53. The van der Waals surface area contributed by atoms with Gasteiger partial charge in [-0.1, -0.05) is 11.6 Å². The van der Waals surface area contributed by atoms with Crippen LogP contribution in [0.3, 0.4) is 0 Å².